The van der Waals surface area contributed by atoms with E-state index in [1.165, 1.54) is 4.90 Å². The van der Waals surface area contributed by atoms with E-state index in [1.807, 2.05) is 30.3 Å². The van der Waals surface area contributed by atoms with Crippen LogP contribution in [0.3, 0.4) is 0 Å². The normalized spacial score (nSPS) is 11.5. The molecule has 0 saturated heterocycles. The Bertz CT molecular complexity index is 503. The van der Waals surface area contributed by atoms with Crippen molar-refractivity contribution in [1.82, 2.24) is 10.2 Å². The number of benzene rings is 1. The molecule has 7 nitrogen and oxygen atoms in total. The van der Waals surface area contributed by atoms with E-state index < -0.39 is 24.0 Å². The average Bonchev–Trinajstić information content (AvgIpc) is 2.43. The Hall–Kier alpha value is -2.57. The highest BCUT2D eigenvalue weighted by Crippen LogP contribution is 2.04. The minimum Gasteiger partial charge on any atom is -0.481 e. The molecule has 21 heavy (non-hydrogen) atoms. The molecule has 1 aromatic rings. The van der Waals surface area contributed by atoms with Crippen LogP contribution in [0.2, 0.25) is 0 Å². The summed E-state index contributed by atoms with van der Waals surface area (Å²) in [6, 6.07) is 7.47. The van der Waals surface area contributed by atoms with Gasteiger partial charge in [-0.25, -0.2) is 9.59 Å². The molecule has 0 aromatic heterocycles. The van der Waals surface area contributed by atoms with Crippen LogP contribution >= 0.6 is 0 Å². The van der Waals surface area contributed by atoms with Crippen molar-refractivity contribution in [3.05, 3.63) is 35.9 Å². The lowest BCUT2D eigenvalue weighted by Crippen LogP contribution is -2.46. The zero-order valence-electron chi connectivity index (χ0n) is 11.7. The van der Waals surface area contributed by atoms with Crippen molar-refractivity contribution >= 4 is 18.0 Å². The Balaban J connectivity index is 2.56. The summed E-state index contributed by atoms with van der Waals surface area (Å²) >= 11 is 0. The van der Waals surface area contributed by atoms with E-state index in [-0.39, 0.29) is 12.8 Å². The van der Waals surface area contributed by atoms with Gasteiger partial charge in [0.15, 0.2) is 0 Å². The molecule has 1 rings (SSSR count). The molecule has 0 fully saturated rings. The van der Waals surface area contributed by atoms with Gasteiger partial charge in [-0.05, 0) is 12.0 Å². The molecule has 0 saturated carbocycles. The number of amides is 2. The molecule has 0 aliphatic heterocycles. The third kappa shape index (κ3) is 5.94. The van der Waals surface area contributed by atoms with Crippen molar-refractivity contribution in [3.8, 4) is 0 Å². The topological polar surface area (TPSA) is 107 Å². The second-order valence-electron chi connectivity index (χ2n) is 4.61. The third-order valence-corrected chi connectivity index (χ3v) is 2.85. The highest BCUT2D eigenvalue weighted by molar-refractivity contribution is 5.82. The Morgan fingerprint density at radius 3 is 2.33 bits per heavy atom. The summed E-state index contributed by atoms with van der Waals surface area (Å²) < 4.78 is 0. The van der Waals surface area contributed by atoms with E-state index in [1.54, 1.807) is 7.05 Å². The Morgan fingerprint density at radius 1 is 1.19 bits per heavy atom. The lowest BCUT2D eigenvalue weighted by atomic mass is 10.1. The fourth-order valence-corrected chi connectivity index (χ4v) is 1.71. The van der Waals surface area contributed by atoms with Crippen LogP contribution in [0.5, 0.6) is 0 Å². The number of nitrogens with zero attached hydrogens (tertiary/aromatic N) is 1. The van der Waals surface area contributed by atoms with E-state index in [0.717, 1.165) is 5.56 Å². The predicted molar refractivity (Wildman–Crippen MR) is 74.7 cm³/mol. The van der Waals surface area contributed by atoms with Gasteiger partial charge in [0.25, 0.3) is 0 Å². The van der Waals surface area contributed by atoms with Crippen molar-refractivity contribution in [1.29, 1.82) is 0 Å². The number of carbonyl (C=O) groups is 3. The molecule has 2 amide bonds. The molecule has 1 aromatic carbocycles. The van der Waals surface area contributed by atoms with Crippen LogP contribution in [0.1, 0.15) is 18.4 Å². The molecule has 114 valence electrons. The van der Waals surface area contributed by atoms with Crippen LogP contribution in [0.15, 0.2) is 30.3 Å². The van der Waals surface area contributed by atoms with Gasteiger partial charge in [0.2, 0.25) is 0 Å². The molecule has 0 radical (unpaired) electrons. The first-order valence-corrected chi connectivity index (χ1v) is 6.40. The summed E-state index contributed by atoms with van der Waals surface area (Å²) in [5.74, 6) is -2.36. The fraction of sp³-hybridized carbons (Fsp3) is 0.357. The zero-order valence-corrected chi connectivity index (χ0v) is 11.7. The largest absolute Gasteiger partial charge is 0.481 e. The van der Waals surface area contributed by atoms with Gasteiger partial charge in [0.05, 0.1) is 0 Å². The monoisotopic (exact) mass is 294 g/mol. The van der Waals surface area contributed by atoms with Crippen LogP contribution in [0.25, 0.3) is 0 Å². The van der Waals surface area contributed by atoms with Crippen LogP contribution in [0.4, 0.5) is 4.79 Å². The minimum absolute atomic E-state index is 0.157. The molecular weight excluding hydrogens is 276 g/mol. The standard InChI is InChI=1S/C14H18N2O5/c1-16(9-10-5-3-2-4-6-10)14(21)15-11(13(19)20)7-8-12(17)18/h2-6,11H,7-9H2,1H3,(H,15,21)(H,17,18)(H,19,20). The molecule has 0 spiro atoms. The SMILES string of the molecule is CN(Cc1ccccc1)C(=O)NC(CCC(=O)O)C(=O)O. The van der Waals surface area contributed by atoms with E-state index >= 15 is 0 Å². The van der Waals surface area contributed by atoms with Crippen LogP contribution in [0, 0.1) is 0 Å². The smallest absolute Gasteiger partial charge is 0.326 e. The zero-order chi connectivity index (χ0) is 15.8. The summed E-state index contributed by atoms with van der Waals surface area (Å²) in [4.78, 5) is 34.7. The highest BCUT2D eigenvalue weighted by Gasteiger charge is 2.22. The molecule has 0 aliphatic carbocycles. The highest BCUT2D eigenvalue weighted by atomic mass is 16.4. The molecule has 0 bridgehead atoms. The maximum atomic E-state index is 11.9. The fourth-order valence-electron chi connectivity index (χ4n) is 1.71. The van der Waals surface area contributed by atoms with Gasteiger partial charge in [0.1, 0.15) is 6.04 Å². The van der Waals surface area contributed by atoms with Crippen molar-refractivity contribution in [3.63, 3.8) is 0 Å². The Labute approximate surface area is 122 Å². The van der Waals surface area contributed by atoms with E-state index in [4.69, 9.17) is 10.2 Å². The first kappa shape index (κ1) is 16.5. The lowest BCUT2D eigenvalue weighted by molar-refractivity contribution is -0.140. The molecule has 7 heteroatoms. The second kappa shape index (κ2) is 7.88. The van der Waals surface area contributed by atoms with Gasteiger partial charge in [-0.2, -0.15) is 0 Å². The maximum Gasteiger partial charge on any atom is 0.326 e. The molecular formula is C14H18N2O5. The predicted octanol–water partition coefficient (Wildman–Crippen LogP) is 1.15. The average molecular weight is 294 g/mol. The Kier molecular flexibility index (Phi) is 6.19. The number of carboxylic acids is 2. The molecule has 1 atom stereocenters. The molecule has 3 N–H and O–H groups in total. The first-order valence-electron chi connectivity index (χ1n) is 6.40. The number of nitrogens with one attached hydrogen (secondary N) is 1. The quantitative estimate of drug-likeness (QED) is 0.699. The molecule has 0 aliphatic rings. The molecule has 1 unspecified atom stereocenters. The summed E-state index contributed by atoms with van der Waals surface area (Å²) in [6.07, 6.45) is -0.477. The number of aliphatic carboxylic acids is 2. The number of hydrogen-bond donors (Lipinski definition) is 3. The van der Waals surface area contributed by atoms with Gasteiger partial charge in [0, 0.05) is 20.0 Å². The van der Waals surface area contributed by atoms with Gasteiger partial charge in [-0.15, -0.1) is 0 Å². The van der Waals surface area contributed by atoms with E-state index in [2.05, 4.69) is 5.32 Å². The van der Waals surface area contributed by atoms with Crippen molar-refractivity contribution < 1.29 is 24.6 Å². The van der Waals surface area contributed by atoms with Gasteiger partial charge >= 0.3 is 18.0 Å². The van der Waals surface area contributed by atoms with Gasteiger partial charge in [-0.3, -0.25) is 4.79 Å². The number of urea groups is 1. The minimum atomic E-state index is -1.25. The number of carboxylic acid groups (broad SMARTS) is 2. The Morgan fingerprint density at radius 2 is 1.81 bits per heavy atom. The van der Waals surface area contributed by atoms with Crippen LogP contribution in [-0.2, 0) is 16.1 Å². The van der Waals surface area contributed by atoms with Gasteiger partial charge in [-0.1, -0.05) is 30.3 Å². The summed E-state index contributed by atoms with van der Waals surface area (Å²) in [5, 5.41) is 19.9. The summed E-state index contributed by atoms with van der Waals surface area (Å²) in [5.41, 5.74) is 0.910. The molecule has 0 heterocycles. The number of carbonyl (C=O) groups excluding carboxylic acids is 1. The van der Waals surface area contributed by atoms with Crippen LogP contribution in [-0.4, -0.2) is 46.2 Å². The van der Waals surface area contributed by atoms with Crippen molar-refractivity contribution in [2.24, 2.45) is 0 Å². The van der Waals surface area contributed by atoms with Crippen molar-refractivity contribution in [2.45, 2.75) is 25.4 Å². The second-order valence-corrected chi connectivity index (χ2v) is 4.61. The van der Waals surface area contributed by atoms with Crippen molar-refractivity contribution in [2.75, 3.05) is 7.05 Å². The maximum absolute atomic E-state index is 11.9. The third-order valence-electron chi connectivity index (χ3n) is 2.85. The lowest BCUT2D eigenvalue weighted by Gasteiger charge is -2.21. The van der Waals surface area contributed by atoms with E-state index in [9.17, 15) is 14.4 Å². The first-order chi connectivity index (χ1) is 9.90. The van der Waals surface area contributed by atoms with E-state index in [0.29, 0.717) is 6.54 Å². The number of hydrogen-bond acceptors (Lipinski definition) is 3. The van der Waals surface area contributed by atoms with Crippen LogP contribution < -0.4 is 5.32 Å². The summed E-state index contributed by atoms with van der Waals surface area (Å²) in [7, 11) is 1.54. The van der Waals surface area contributed by atoms with Gasteiger partial charge < -0.3 is 20.4 Å². The summed E-state index contributed by atoms with van der Waals surface area (Å²) in [6.45, 7) is 0.331. The number of rotatable bonds is 7.